The first kappa shape index (κ1) is 7.42. The summed E-state index contributed by atoms with van der Waals surface area (Å²) in [6.45, 7) is 0. The number of aromatic amines is 1. The van der Waals surface area contributed by atoms with Crippen molar-refractivity contribution in [1.29, 1.82) is 5.39 Å². The van der Waals surface area contributed by atoms with E-state index in [1.807, 2.05) is 6.07 Å². The first-order valence-electron chi connectivity index (χ1n) is 3.16. The summed E-state index contributed by atoms with van der Waals surface area (Å²) in [6.07, 6.45) is 1.65. The Morgan fingerprint density at radius 2 is 2.42 bits per heavy atom. The van der Waals surface area contributed by atoms with Crippen LogP contribution in [0.1, 0.15) is 0 Å². The van der Waals surface area contributed by atoms with Crippen molar-refractivity contribution >= 4 is 39.4 Å². The van der Waals surface area contributed by atoms with Gasteiger partial charge < -0.3 is 0 Å². The lowest BCUT2D eigenvalue weighted by Gasteiger charge is -1.86. The van der Waals surface area contributed by atoms with Crippen molar-refractivity contribution in [3.05, 3.63) is 20.8 Å². The van der Waals surface area contributed by atoms with E-state index < -0.39 is 0 Å². The van der Waals surface area contributed by atoms with E-state index in [4.69, 9.17) is 5.39 Å². The Morgan fingerprint density at radius 1 is 1.58 bits per heavy atom. The maximum Gasteiger partial charge on any atom is 0.513 e. The molecule has 0 aliphatic carbocycles. The zero-order valence-electron chi connectivity index (χ0n) is 5.82. The van der Waals surface area contributed by atoms with Gasteiger partial charge in [-0.3, -0.25) is 0 Å². The summed E-state index contributed by atoms with van der Waals surface area (Å²) < 4.78 is 1.00. The van der Waals surface area contributed by atoms with Crippen LogP contribution in [0.25, 0.3) is 16.0 Å². The van der Waals surface area contributed by atoms with E-state index in [1.54, 1.807) is 6.20 Å². The van der Waals surface area contributed by atoms with E-state index in [-0.39, 0.29) is 5.82 Å². The summed E-state index contributed by atoms with van der Waals surface area (Å²) in [5, 5.41) is 15.0. The fourth-order valence-corrected chi connectivity index (χ4v) is 1.48. The van der Waals surface area contributed by atoms with Gasteiger partial charge in [0, 0.05) is 14.7 Å². The average Bonchev–Trinajstić information content (AvgIpc) is 2.49. The monoisotopic (exact) mass is 272 g/mol. The molecule has 5 nitrogen and oxygen atoms in total. The molecule has 0 aromatic carbocycles. The highest BCUT2D eigenvalue weighted by Crippen LogP contribution is 2.23. The maximum absolute atomic E-state index is 8.52. The van der Waals surface area contributed by atoms with Crippen molar-refractivity contribution in [1.82, 2.24) is 15.2 Å². The number of halogens is 1. The Balaban J connectivity index is 2.91. The highest BCUT2D eigenvalue weighted by Gasteiger charge is 2.18. The molecule has 0 aliphatic heterocycles. The van der Waals surface area contributed by atoms with Crippen LogP contribution in [-0.4, -0.2) is 15.2 Å². The van der Waals surface area contributed by atoms with Gasteiger partial charge in [-0.25, -0.2) is 4.98 Å². The number of nitrogens with one attached hydrogen (secondary N) is 1. The lowest BCUT2D eigenvalue weighted by Crippen LogP contribution is -1.77. The number of hydrogen-bond donors (Lipinski definition) is 1. The van der Waals surface area contributed by atoms with Crippen LogP contribution in [-0.2, 0) is 0 Å². The van der Waals surface area contributed by atoms with Crippen LogP contribution in [0.5, 0.6) is 0 Å². The van der Waals surface area contributed by atoms with Crippen LogP contribution >= 0.6 is 22.6 Å². The van der Waals surface area contributed by atoms with Gasteiger partial charge in [-0.15, -0.1) is 0 Å². The second-order valence-corrected chi connectivity index (χ2v) is 3.33. The third-order valence-electron chi connectivity index (χ3n) is 1.48. The minimum atomic E-state index is 0.225. The molecule has 0 saturated carbocycles. The van der Waals surface area contributed by atoms with Gasteiger partial charge in [0.05, 0.1) is 10.5 Å². The molecule has 0 aliphatic rings. The Labute approximate surface area is 81.0 Å². The number of H-pyrrole nitrogens is 1. The molecule has 2 rings (SSSR count). The fourth-order valence-electron chi connectivity index (χ4n) is 0.946. The second-order valence-electron chi connectivity index (χ2n) is 2.16. The topological polar surface area (TPSA) is 69.7 Å². The molecule has 0 radical (unpaired) electrons. The van der Waals surface area contributed by atoms with Crippen molar-refractivity contribution in [2.45, 2.75) is 0 Å². The summed E-state index contributed by atoms with van der Waals surface area (Å²) in [5.74, 6) is 0.225. The molecule has 0 spiro atoms. The lowest BCUT2D eigenvalue weighted by molar-refractivity contribution is 1.12. The summed E-state index contributed by atoms with van der Waals surface area (Å²) in [7, 11) is 0. The quantitative estimate of drug-likeness (QED) is 0.589. The normalized spacial score (nSPS) is 10.0. The molecule has 0 amide bonds. The number of nitrogens with zero attached hydrogens (tertiary/aromatic N) is 4. The van der Waals surface area contributed by atoms with Crippen LogP contribution < -0.4 is 0 Å². The molecule has 2 heterocycles. The highest BCUT2D eigenvalue weighted by atomic mass is 127. The van der Waals surface area contributed by atoms with Gasteiger partial charge in [0.15, 0.2) is 0 Å². The molecule has 0 fully saturated rings. The van der Waals surface area contributed by atoms with Crippen molar-refractivity contribution in [3.8, 4) is 0 Å². The van der Waals surface area contributed by atoms with Gasteiger partial charge in [0.1, 0.15) is 5.52 Å². The van der Waals surface area contributed by atoms with E-state index in [0.29, 0.717) is 5.52 Å². The molecule has 12 heavy (non-hydrogen) atoms. The molecule has 6 heteroatoms. The van der Waals surface area contributed by atoms with Gasteiger partial charge >= 0.3 is 5.82 Å². The smallest absolute Gasteiger partial charge is 0.245 e. The van der Waals surface area contributed by atoms with Gasteiger partial charge in [-0.05, 0) is 28.7 Å². The Morgan fingerprint density at radius 3 is 3.17 bits per heavy atom. The molecule has 2 aromatic rings. The zero-order chi connectivity index (χ0) is 8.55. The predicted octanol–water partition coefficient (Wildman–Crippen LogP) is 2.05. The molecular formula is C6H3IN5+. The van der Waals surface area contributed by atoms with Crippen LogP contribution in [0, 0.1) is 8.96 Å². The lowest BCUT2D eigenvalue weighted by atomic mass is 10.4. The van der Waals surface area contributed by atoms with Crippen molar-refractivity contribution in [2.24, 2.45) is 0 Å². The molecule has 1 N–H and O–H groups in total. The van der Waals surface area contributed by atoms with Gasteiger partial charge in [-0.1, -0.05) is 0 Å². The van der Waals surface area contributed by atoms with Crippen molar-refractivity contribution < 1.29 is 0 Å². The molecule has 0 saturated heterocycles. The van der Waals surface area contributed by atoms with Crippen LogP contribution in [0.3, 0.4) is 0 Å². The van der Waals surface area contributed by atoms with E-state index >= 15 is 0 Å². The third kappa shape index (κ3) is 0.937. The second kappa shape index (κ2) is 2.67. The minimum absolute atomic E-state index is 0.225. The summed E-state index contributed by atoms with van der Waals surface area (Å²) in [5.41, 5.74) is 1.38. The molecule has 0 atom stereocenters. The summed E-state index contributed by atoms with van der Waals surface area (Å²) >= 11 is 2.15. The molecular weight excluding hydrogens is 269 g/mol. The Hall–Kier alpha value is -1.23. The zero-order valence-corrected chi connectivity index (χ0v) is 7.98. The molecule has 0 bridgehead atoms. The summed E-state index contributed by atoms with van der Waals surface area (Å²) in [6, 6.07) is 1.85. The summed E-state index contributed by atoms with van der Waals surface area (Å²) in [4.78, 5) is 7.01. The molecule has 58 valence electrons. The largest absolute Gasteiger partial charge is 0.513 e. The number of rotatable bonds is 0. The number of diazo groups is 1. The fraction of sp³-hybridized carbons (Fsp3) is 0. The van der Waals surface area contributed by atoms with Crippen LogP contribution in [0.15, 0.2) is 12.3 Å². The first-order valence-corrected chi connectivity index (χ1v) is 4.24. The standard InChI is InChI=1S/C6H3IN5/c7-3-1-2-9-5-4(3)11-12-6(5)10-8/h1-2H,(H,11,12)/q+1. The SMILES string of the molecule is N#[N+]c1n[nH]c2c(I)ccnc12. The van der Waals surface area contributed by atoms with Crippen LogP contribution in [0.4, 0.5) is 5.82 Å². The van der Waals surface area contributed by atoms with Gasteiger partial charge in [0.25, 0.3) is 0 Å². The van der Waals surface area contributed by atoms with Gasteiger partial charge in [-0.2, -0.15) is 5.10 Å². The third-order valence-corrected chi connectivity index (χ3v) is 2.38. The van der Waals surface area contributed by atoms with E-state index in [1.165, 1.54) is 0 Å². The van der Waals surface area contributed by atoms with Crippen molar-refractivity contribution in [2.75, 3.05) is 0 Å². The van der Waals surface area contributed by atoms with Gasteiger partial charge in [0.2, 0.25) is 5.52 Å². The number of pyridine rings is 1. The van der Waals surface area contributed by atoms with E-state index in [0.717, 1.165) is 9.09 Å². The van der Waals surface area contributed by atoms with Crippen LogP contribution in [0.2, 0.25) is 0 Å². The minimum Gasteiger partial charge on any atom is -0.245 e. The van der Waals surface area contributed by atoms with E-state index in [2.05, 4.69) is 42.7 Å². The Bertz CT molecular complexity index is 468. The van der Waals surface area contributed by atoms with Crippen molar-refractivity contribution in [3.63, 3.8) is 0 Å². The Kier molecular flexibility index (Phi) is 1.65. The maximum atomic E-state index is 8.52. The first-order chi connectivity index (χ1) is 5.83. The average molecular weight is 272 g/mol. The molecule has 2 aromatic heterocycles. The number of hydrogen-bond acceptors (Lipinski definition) is 3. The number of aromatic nitrogens is 3. The number of fused-ring (bicyclic) bond motifs is 1. The highest BCUT2D eigenvalue weighted by molar-refractivity contribution is 14.1. The predicted molar refractivity (Wildman–Crippen MR) is 51.3 cm³/mol. The van der Waals surface area contributed by atoms with E-state index in [9.17, 15) is 0 Å². The molecule has 0 unspecified atom stereocenters.